The highest BCUT2D eigenvalue weighted by atomic mass is 127. The largest absolute Gasteiger partial charge is 0.355 e. The van der Waals surface area contributed by atoms with Crippen LogP contribution in [-0.4, -0.2) is 98.1 Å². The molecule has 0 aromatic rings. The van der Waals surface area contributed by atoms with E-state index in [1.807, 2.05) is 25.8 Å². The fourth-order valence-electron chi connectivity index (χ4n) is 4.13. The molecule has 26 heavy (non-hydrogen) atoms. The van der Waals surface area contributed by atoms with Crippen LogP contribution in [0.4, 0.5) is 0 Å². The van der Waals surface area contributed by atoms with E-state index in [0.717, 1.165) is 38.4 Å². The van der Waals surface area contributed by atoms with Gasteiger partial charge in [0.25, 0.3) is 0 Å². The van der Waals surface area contributed by atoms with E-state index in [-0.39, 0.29) is 35.8 Å². The fraction of sp³-hybridized carbons (Fsp3) is 0.889. The normalized spacial score (nSPS) is 29.5. The van der Waals surface area contributed by atoms with Crippen molar-refractivity contribution in [1.82, 2.24) is 25.3 Å². The summed E-state index contributed by atoms with van der Waals surface area (Å²) in [4.78, 5) is 23.6. The molecule has 4 heterocycles. The van der Waals surface area contributed by atoms with Crippen LogP contribution in [0.25, 0.3) is 0 Å². The summed E-state index contributed by atoms with van der Waals surface area (Å²) in [7, 11) is 1.84. The molecule has 7 nitrogen and oxygen atoms in total. The summed E-state index contributed by atoms with van der Waals surface area (Å²) in [5.74, 6) is 1.26. The van der Waals surface area contributed by atoms with Gasteiger partial charge in [0.05, 0.1) is 0 Å². The Kier molecular flexibility index (Phi) is 8.41. The van der Waals surface area contributed by atoms with Crippen LogP contribution in [0.1, 0.15) is 26.7 Å². The zero-order valence-electron chi connectivity index (χ0n) is 16.4. The van der Waals surface area contributed by atoms with Crippen molar-refractivity contribution >= 4 is 35.8 Å². The van der Waals surface area contributed by atoms with E-state index in [9.17, 15) is 4.79 Å². The molecule has 0 spiro atoms. The molecule has 0 aromatic carbocycles. The number of fused-ring (bicyclic) bond motifs is 3. The smallest absolute Gasteiger partial charge is 0.225 e. The van der Waals surface area contributed by atoms with Gasteiger partial charge in [-0.05, 0) is 12.8 Å². The molecular weight excluding hydrogens is 443 g/mol. The summed E-state index contributed by atoms with van der Waals surface area (Å²) in [6.45, 7) is 12.6. The van der Waals surface area contributed by atoms with Crippen LogP contribution in [-0.2, 0) is 4.79 Å². The highest BCUT2D eigenvalue weighted by molar-refractivity contribution is 14.0. The first-order valence-corrected chi connectivity index (χ1v) is 9.79. The second kappa shape index (κ2) is 10.1. The number of nitrogens with zero attached hydrogens (tertiary/aromatic N) is 4. The van der Waals surface area contributed by atoms with Gasteiger partial charge in [-0.2, -0.15) is 0 Å². The number of nitrogens with one attached hydrogen (secondary N) is 2. The van der Waals surface area contributed by atoms with E-state index in [1.54, 1.807) is 0 Å². The van der Waals surface area contributed by atoms with Crippen LogP contribution in [0.3, 0.4) is 0 Å². The molecule has 4 aliphatic rings. The van der Waals surface area contributed by atoms with Crippen LogP contribution >= 0.6 is 24.0 Å². The first-order valence-electron chi connectivity index (χ1n) is 9.79. The number of rotatable bonds is 4. The summed E-state index contributed by atoms with van der Waals surface area (Å²) in [5.41, 5.74) is 0. The zero-order valence-corrected chi connectivity index (χ0v) is 18.7. The van der Waals surface area contributed by atoms with Gasteiger partial charge in [-0.1, -0.05) is 13.8 Å². The molecule has 4 rings (SSSR count). The summed E-state index contributed by atoms with van der Waals surface area (Å²) < 4.78 is 0. The molecule has 4 fully saturated rings. The Morgan fingerprint density at radius 1 is 1.12 bits per heavy atom. The summed E-state index contributed by atoms with van der Waals surface area (Å²) in [5, 5.41) is 7.06. The third-order valence-corrected chi connectivity index (χ3v) is 5.76. The molecule has 0 aliphatic carbocycles. The Bertz CT molecular complexity index is 484. The molecule has 2 bridgehead atoms. The average molecular weight is 478 g/mol. The van der Waals surface area contributed by atoms with Crippen molar-refractivity contribution in [3.8, 4) is 0 Å². The lowest BCUT2D eigenvalue weighted by Gasteiger charge is -2.47. The van der Waals surface area contributed by atoms with Crippen LogP contribution in [0.5, 0.6) is 0 Å². The first kappa shape index (κ1) is 21.7. The Hall–Kier alpha value is -0.610. The van der Waals surface area contributed by atoms with Gasteiger partial charge in [0.1, 0.15) is 0 Å². The van der Waals surface area contributed by atoms with Gasteiger partial charge in [0.2, 0.25) is 5.91 Å². The number of guanidine groups is 1. The predicted octanol–water partition coefficient (Wildman–Crippen LogP) is 0.416. The lowest BCUT2D eigenvalue weighted by molar-refractivity contribution is -0.135. The second-order valence-corrected chi connectivity index (χ2v) is 7.84. The topological polar surface area (TPSA) is 63.2 Å². The number of halogens is 1. The first-order chi connectivity index (χ1) is 12.1. The molecule has 1 atom stereocenters. The van der Waals surface area contributed by atoms with E-state index >= 15 is 0 Å². The predicted molar refractivity (Wildman–Crippen MR) is 116 cm³/mol. The van der Waals surface area contributed by atoms with Gasteiger partial charge in [0.15, 0.2) is 5.96 Å². The van der Waals surface area contributed by atoms with E-state index in [2.05, 4.69) is 25.4 Å². The zero-order chi connectivity index (χ0) is 17.8. The highest BCUT2D eigenvalue weighted by Crippen LogP contribution is 2.15. The Morgan fingerprint density at radius 2 is 1.77 bits per heavy atom. The number of piperidine rings is 1. The lowest BCUT2D eigenvalue weighted by Crippen LogP contribution is -2.64. The Morgan fingerprint density at radius 3 is 2.27 bits per heavy atom. The van der Waals surface area contributed by atoms with Crippen LogP contribution in [0.15, 0.2) is 4.99 Å². The maximum absolute atomic E-state index is 12.1. The molecule has 1 amide bonds. The molecular formula is C18H35IN6O. The second-order valence-electron chi connectivity index (χ2n) is 7.84. The van der Waals surface area contributed by atoms with Crippen molar-refractivity contribution < 1.29 is 4.79 Å². The molecule has 2 N–H and O–H groups in total. The maximum Gasteiger partial charge on any atom is 0.225 e. The number of amides is 1. The minimum Gasteiger partial charge on any atom is -0.355 e. The number of carbonyl (C=O) groups is 1. The number of aliphatic imine (C=N–C) groups is 1. The van der Waals surface area contributed by atoms with E-state index in [4.69, 9.17) is 0 Å². The number of hydrogen-bond acceptors (Lipinski definition) is 4. The number of piperazine rings is 3. The van der Waals surface area contributed by atoms with Crippen molar-refractivity contribution in [2.24, 2.45) is 10.9 Å². The van der Waals surface area contributed by atoms with Gasteiger partial charge in [-0.25, -0.2) is 0 Å². The van der Waals surface area contributed by atoms with E-state index in [1.165, 1.54) is 32.7 Å². The van der Waals surface area contributed by atoms with Crippen LogP contribution < -0.4 is 10.6 Å². The maximum atomic E-state index is 12.1. The van der Waals surface area contributed by atoms with Crippen molar-refractivity contribution in [2.75, 3.05) is 59.4 Å². The molecule has 0 saturated carbocycles. The standard InChI is InChI=1S/C18H34N6O.HI/c1-14(2)17(25)24-6-4-15(5-7-24)21-18(19-3)20-12-16-13-22-8-10-23(16)11-9-22;/h14-16H,4-13H2,1-3H3,(H2,19,20,21);1H. The lowest BCUT2D eigenvalue weighted by atomic mass is 10.0. The minimum atomic E-state index is 0. The molecule has 8 heteroatoms. The van der Waals surface area contributed by atoms with E-state index < -0.39 is 0 Å². The molecule has 0 radical (unpaired) electrons. The minimum absolute atomic E-state index is 0. The van der Waals surface area contributed by atoms with Crippen LogP contribution in [0, 0.1) is 5.92 Å². The fourth-order valence-corrected chi connectivity index (χ4v) is 4.13. The van der Waals surface area contributed by atoms with Crippen molar-refractivity contribution in [1.29, 1.82) is 0 Å². The summed E-state index contributed by atoms with van der Waals surface area (Å²) in [6, 6.07) is 0.987. The quantitative estimate of drug-likeness (QED) is 0.349. The molecule has 4 aliphatic heterocycles. The molecule has 0 aromatic heterocycles. The SMILES string of the molecule is CN=C(NCC1CN2CCN1CC2)NC1CCN(C(=O)C(C)C)CC1.I. The highest BCUT2D eigenvalue weighted by Gasteiger charge is 2.32. The van der Waals surface area contributed by atoms with Crippen LogP contribution in [0.2, 0.25) is 0 Å². The summed E-state index contributed by atoms with van der Waals surface area (Å²) >= 11 is 0. The number of likely N-dealkylation sites (tertiary alicyclic amines) is 1. The monoisotopic (exact) mass is 478 g/mol. The van der Waals surface area contributed by atoms with Crippen molar-refractivity contribution in [3.63, 3.8) is 0 Å². The Balaban J connectivity index is 0.00000243. The van der Waals surface area contributed by atoms with E-state index in [0.29, 0.717) is 12.1 Å². The third kappa shape index (κ3) is 5.45. The van der Waals surface area contributed by atoms with Crippen molar-refractivity contribution in [3.05, 3.63) is 0 Å². The van der Waals surface area contributed by atoms with Gasteiger partial charge >= 0.3 is 0 Å². The molecule has 4 saturated heterocycles. The van der Waals surface area contributed by atoms with Gasteiger partial charge < -0.3 is 15.5 Å². The van der Waals surface area contributed by atoms with Gasteiger partial charge in [-0.15, -0.1) is 24.0 Å². The Labute approximate surface area is 175 Å². The third-order valence-electron chi connectivity index (χ3n) is 5.76. The van der Waals surface area contributed by atoms with Crippen molar-refractivity contribution in [2.45, 2.75) is 38.8 Å². The average Bonchev–Trinajstić information content (AvgIpc) is 2.66. The number of carbonyl (C=O) groups excluding carboxylic acids is 1. The molecule has 1 unspecified atom stereocenters. The van der Waals surface area contributed by atoms with Gasteiger partial charge in [0, 0.05) is 77.4 Å². The summed E-state index contributed by atoms with van der Waals surface area (Å²) in [6.07, 6.45) is 1.98. The number of hydrogen-bond donors (Lipinski definition) is 2. The molecule has 150 valence electrons. The van der Waals surface area contributed by atoms with Gasteiger partial charge in [-0.3, -0.25) is 19.6 Å².